The summed E-state index contributed by atoms with van der Waals surface area (Å²) in [6.07, 6.45) is 5.03. The minimum Gasteiger partial charge on any atom is -0.353 e. The Morgan fingerprint density at radius 3 is 2.33 bits per heavy atom. The van der Waals surface area contributed by atoms with E-state index in [9.17, 15) is 9.59 Å². The van der Waals surface area contributed by atoms with Gasteiger partial charge in [0.1, 0.15) is 0 Å². The number of nitrogens with zero attached hydrogens (tertiary/aromatic N) is 1. The molecule has 1 rings (SSSR count). The van der Waals surface area contributed by atoms with Crippen LogP contribution in [0.3, 0.4) is 0 Å². The molecule has 0 atom stereocenters. The van der Waals surface area contributed by atoms with Crippen molar-refractivity contribution < 1.29 is 9.59 Å². The van der Waals surface area contributed by atoms with Gasteiger partial charge in [0.05, 0.1) is 0 Å². The van der Waals surface area contributed by atoms with Gasteiger partial charge >= 0.3 is 0 Å². The zero-order valence-electron chi connectivity index (χ0n) is 13.8. The van der Waals surface area contributed by atoms with Crippen LogP contribution >= 0.6 is 0 Å². The smallest absolute Gasteiger partial charge is 0.225 e. The van der Waals surface area contributed by atoms with Crippen molar-refractivity contribution in [2.24, 2.45) is 5.92 Å². The lowest BCUT2D eigenvalue weighted by atomic mass is 9.98. The second kappa shape index (κ2) is 9.77. The number of amides is 2. The van der Waals surface area contributed by atoms with E-state index in [1.165, 1.54) is 0 Å². The van der Waals surface area contributed by atoms with Crippen LogP contribution < -0.4 is 10.6 Å². The van der Waals surface area contributed by atoms with E-state index >= 15 is 0 Å². The van der Waals surface area contributed by atoms with Crippen LogP contribution in [0.5, 0.6) is 0 Å². The molecule has 1 saturated heterocycles. The van der Waals surface area contributed by atoms with E-state index in [-0.39, 0.29) is 17.9 Å². The summed E-state index contributed by atoms with van der Waals surface area (Å²) in [6.45, 7) is 6.57. The highest BCUT2D eigenvalue weighted by Crippen LogP contribution is 2.17. The van der Waals surface area contributed by atoms with Gasteiger partial charge in [0.15, 0.2) is 0 Å². The van der Waals surface area contributed by atoms with Crippen LogP contribution in [0.1, 0.15) is 52.4 Å². The van der Waals surface area contributed by atoms with Crippen molar-refractivity contribution in [1.82, 2.24) is 15.5 Å². The minimum atomic E-state index is 0.134. The molecule has 1 fully saturated rings. The third-order valence-electron chi connectivity index (χ3n) is 4.34. The van der Waals surface area contributed by atoms with Crippen molar-refractivity contribution in [1.29, 1.82) is 0 Å². The fourth-order valence-electron chi connectivity index (χ4n) is 2.87. The molecular weight excluding hydrogens is 266 g/mol. The first-order valence-electron chi connectivity index (χ1n) is 8.35. The lowest BCUT2D eigenvalue weighted by Crippen LogP contribution is -2.48. The Balaban J connectivity index is 2.28. The summed E-state index contributed by atoms with van der Waals surface area (Å²) >= 11 is 0. The summed E-state index contributed by atoms with van der Waals surface area (Å²) in [4.78, 5) is 26.1. The molecule has 1 aliphatic rings. The van der Waals surface area contributed by atoms with Gasteiger partial charge in [0.2, 0.25) is 11.8 Å². The SMILES string of the molecule is CCC(CC)C(=O)N1CCC(NC(=O)CCCNC)CC1. The predicted molar refractivity (Wildman–Crippen MR) is 85.0 cm³/mol. The number of nitrogens with one attached hydrogen (secondary N) is 2. The molecule has 2 N–H and O–H groups in total. The monoisotopic (exact) mass is 297 g/mol. The molecule has 0 saturated carbocycles. The van der Waals surface area contributed by atoms with E-state index in [0.29, 0.717) is 12.3 Å². The Kier molecular flexibility index (Phi) is 8.35. The van der Waals surface area contributed by atoms with E-state index in [1.54, 1.807) is 0 Å². The van der Waals surface area contributed by atoms with Crippen molar-refractivity contribution in [2.45, 2.75) is 58.4 Å². The fraction of sp³-hybridized carbons (Fsp3) is 0.875. The third kappa shape index (κ3) is 6.04. The molecule has 0 unspecified atom stereocenters. The van der Waals surface area contributed by atoms with Gasteiger partial charge in [-0.25, -0.2) is 0 Å². The average molecular weight is 297 g/mol. The summed E-state index contributed by atoms with van der Waals surface area (Å²) in [6, 6.07) is 0.234. The standard InChI is InChI=1S/C16H31N3O2/c1-4-13(5-2)16(21)19-11-8-14(9-12-19)18-15(20)7-6-10-17-3/h13-14,17H,4-12H2,1-3H3,(H,18,20). The molecular formula is C16H31N3O2. The van der Waals surface area contributed by atoms with Gasteiger partial charge in [-0.3, -0.25) is 9.59 Å². The zero-order chi connectivity index (χ0) is 15.7. The Bertz CT molecular complexity index is 321. The summed E-state index contributed by atoms with van der Waals surface area (Å²) < 4.78 is 0. The van der Waals surface area contributed by atoms with Crippen LogP contribution in [0.25, 0.3) is 0 Å². The summed E-state index contributed by atoms with van der Waals surface area (Å²) in [5, 5.41) is 6.13. The number of hydrogen-bond donors (Lipinski definition) is 2. The number of carbonyl (C=O) groups is 2. The maximum Gasteiger partial charge on any atom is 0.225 e. The van der Waals surface area contributed by atoms with Crippen molar-refractivity contribution in [3.05, 3.63) is 0 Å². The normalized spacial score (nSPS) is 16.3. The van der Waals surface area contributed by atoms with Crippen molar-refractivity contribution in [3.8, 4) is 0 Å². The molecule has 1 heterocycles. The molecule has 0 aromatic rings. The Morgan fingerprint density at radius 1 is 1.19 bits per heavy atom. The average Bonchev–Trinajstić information content (AvgIpc) is 2.49. The fourth-order valence-corrected chi connectivity index (χ4v) is 2.87. The van der Waals surface area contributed by atoms with Crippen molar-refractivity contribution in [2.75, 3.05) is 26.7 Å². The quantitative estimate of drug-likeness (QED) is 0.668. The molecule has 5 nitrogen and oxygen atoms in total. The van der Waals surface area contributed by atoms with E-state index in [1.807, 2.05) is 11.9 Å². The molecule has 5 heteroatoms. The minimum absolute atomic E-state index is 0.134. The van der Waals surface area contributed by atoms with Gasteiger partial charge in [-0.15, -0.1) is 0 Å². The molecule has 0 aromatic heterocycles. The highest BCUT2D eigenvalue weighted by atomic mass is 16.2. The van der Waals surface area contributed by atoms with E-state index in [0.717, 1.165) is 51.7 Å². The molecule has 0 spiro atoms. The largest absolute Gasteiger partial charge is 0.353 e. The van der Waals surface area contributed by atoms with Gasteiger partial charge in [-0.1, -0.05) is 13.8 Å². The summed E-state index contributed by atoms with van der Waals surface area (Å²) in [5.74, 6) is 0.589. The van der Waals surface area contributed by atoms with E-state index in [2.05, 4.69) is 24.5 Å². The number of carbonyl (C=O) groups excluding carboxylic acids is 2. The second-order valence-corrected chi connectivity index (χ2v) is 5.89. The highest BCUT2D eigenvalue weighted by molar-refractivity contribution is 5.79. The third-order valence-corrected chi connectivity index (χ3v) is 4.34. The predicted octanol–water partition coefficient (Wildman–Crippen LogP) is 1.53. The van der Waals surface area contributed by atoms with Gasteiger partial charge in [-0.2, -0.15) is 0 Å². The molecule has 1 aliphatic heterocycles. The molecule has 0 aliphatic carbocycles. The number of likely N-dealkylation sites (tertiary alicyclic amines) is 1. The highest BCUT2D eigenvalue weighted by Gasteiger charge is 2.26. The zero-order valence-corrected chi connectivity index (χ0v) is 13.8. The Morgan fingerprint density at radius 2 is 1.81 bits per heavy atom. The van der Waals surface area contributed by atoms with Crippen molar-refractivity contribution >= 4 is 11.8 Å². The second-order valence-electron chi connectivity index (χ2n) is 5.89. The van der Waals surface area contributed by atoms with Crippen LogP contribution in [0, 0.1) is 5.92 Å². The van der Waals surface area contributed by atoms with Crippen LogP contribution in [-0.4, -0.2) is 49.4 Å². The first-order valence-corrected chi connectivity index (χ1v) is 8.35. The number of hydrogen-bond acceptors (Lipinski definition) is 3. The number of rotatable bonds is 8. The first kappa shape index (κ1) is 18.0. The van der Waals surface area contributed by atoms with Crippen molar-refractivity contribution in [3.63, 3.8) is 0 Å². The Labute approximate surface area is 128 Å². The van der Waals surface area contributed by atoms with Crippen LogP contribution in [0.15, 0.2) is 0 Å². The topological polar surface area (TPSA) is 61.4 Å². The van der Waals surface area contributed by atoms with Gasteiger partial charge < -0.3 is 15.5 Å². The first-order chi connectivity index (χ1) is 10.1. The Hall–Kier alpha value is -1.10. The van der Waals surface area contributed by atoms with E-state index in [4.69, 9.17) is 0 Å². The lowest BCUT2D eigenvalue weighted by molar-refractivity contribution is -0.137. The lowest BCUT2D eigenvalue weighted by Gasteiger charge is -2.34. The van der Waals surface area contributed by atoms with E-state index < -0.39 is 0 Å². The van der Waals surface area contributed by atoms with Gasteiger partial charge in [0, 0.05) is 31.5 Å². The number of piperidine rings is 1. The molecule has 2 amide bonds. The molecule has 122 valence electrons. The van der Waals surface area contributed by atoms with Crippen LogP contribution in [0.4, 0.5) is 0 Å². The van der Waals surface area contributed by atoms with Crippen LogP contribution in [-0.2, 0) is 9.59 Å². The summed E-state index contributed by atoms with van der Waals surface area (Å²) in [5.41, 5.74) is 0. The van der Waals surface area contributed by atoms with Gasteiger partial charge in [-0.05, 0) is 45.7 Å². The van der Waals surface area contributed by atoms with Gasteiger partial charge in [0.25, 0.3) is 0 Å². The molecule has 0 bridgehead atoms. The van der Waals surface area contributed by atoms with Crippen LogP contribution in [0.2, 0.25) is 0 Å². The maximum atomic E-state index is 12.3. The maximum absolute atomic E-state index is 12.3. The molecule has 0 aromatic carbocycles. The summed E-state index contributed by atoms with van der Waals surface area (Å²) in [7, 11) is 1.89. The molecule has 0 radical (unpaired) electrons. The molecule has 21 heavy (non-hydrogen) atoms.